The van der Waals surface area contributed by atoms with Crippen molar-refractivity contribution < 1.29 is 19.4 Å². The van der Waals surface area contributed by atoms with Crippen LogP contribution in [0.1, 0.15) is 32.1 Å². The number of nitrogens with zero attached hydrogens (tertiary/aromatic N) is 1. The Hall–Kier alpha value is -1.30. The van der Waals surface area contributed by atoms with Crippen LogP contribution in [0.15, 0.2) is 0 Å². The smallest absolute Gasteiger partial charge is 0.317 e. The number of aliphatic carboxylic acids is 1. The van der Waals surface area contributed by atoms with Crippen molar-refractivity contribution in [3.63, 3.8) is 0 Å². The summed E-state index contributed by atoms with van der Waals surface area (Å²) in [6.45, 7) is 2.70. The van der Waals surface area contributed by atoms with Gasteiger partial charge in [-0.05, 0) is 24.7 Å². The zero-order chi connectivity index (χ0) is 14.2. The van der Waals surface area contributed by atoms with Crippen LogP contribution in [0.25, 0.3) is 0 Å². The van der Waals surface area contributed by atoms with Crippen molar-refractivity contribution in [1.29, 1.82) is 0 Å². The monoisotopic (exact) mass is 282 g/mol. The van der Waals surface area contributed by atoms with Gasteiger partial charge < -0.3 is 20.1 Å². The Balaban J connectivity index is 1.54. The van der Waals surface area contributed by atoms with E-state index in [1.807, 2.05) is 4.90 Å². The molecule has 2 N–H and O–H groups in total. The molecule has 20 heavy (non-hydrogen) atoms. The summed E-state index contributed by atoms with van der Waals surface area (Å²) in [4.78, 5) is 24.6. The molecule has 1 saturated carbocycles. The highest BCUT2D eigenvalue weighted by Gasteiger charge is 2.58. The quantitative estimate of drug-likeness (QED) is 0.756. The molecule has 2 saturated heterocycles. The third-order valence-electron chi connectivity index (χ3n) is 5.18. The van der Waals surface area contributed by atoms with E-state index in [4.69, 9.17) is 9.84 Å². The number of hydrogen-bond acceptors (Lipinski definition) is 3. The van der Waals surface area contributed by atoms with E-state index < -0.39 is 5.97 Å². The van der Waals surface area contributed by atoms with Crippen molar-refractivity contribution in [3.05, 3.63) is 0 Å². The van der Waals surface area contributed by atoms with Crippen LogP contribution in [0.3, 0.4) is 0 Å². The number of amides is 2. The Morgan fingerprint density at radius 2 is 2.15 bits per heavy atom. The number of carboxylic acid groups (broad SMARTS) is 1. The van der Waals surface area contributed by atoms with Gasteiger partial charge in [-0.15, -0.1) is 0 Å². The minimum Gasteiger partial charge on any atom is -0.481 e. The fourth-order valence-corrected chi connectivity index (χ4v) is 3.93. The summed E-state index contributed by atoms with van der Waals surface area (Å²) in [7, 11) is 0. The first-order valence-corrected chi connectivity index (χ1v) is 7.46. The van der Waals surface area contributed by atoms with E-state index in [2.05, 4.69) is 5.32 Å². The number of hydrogen-bond donors (Lipinski definition) is 2. The molecule has 0 radical (unpaired) electrons. The molecular weight excluding hydrogens is 260 g/mol. The predicted molar refractivity (Wildman–Crippen MR) is 71.4 cm³/mol. The lowest BCUT2D eigenvalue weighted by Crippen LogP contribution is -2.45. The Kier molecular flexibility index (Phi) is 3.58. The van der Waals surface area contributed by atoms with Crippen molar-refractivity contribution >= 4 is 12.0 Å². The number of carboxylic acids is 1. The highest BCUT2D eigenvalue weighted by atomic mass is 16.5. The van der Waals surface area contributed by atoms with E-state index in [0.717, 1.165) is 13.2 Å². The largest absolute Gasteiger partial charge is 0.481 e. The molecule has 2 atom stereocenters. The molecule has 1 aliphatic carbocycles. The van der Waals surface area contributed by atoms with Crippen LogP contribution in [0.4, 0.5) is 4.79 Å². The summed E-state index contributed by atoms with van der Waals surface area (Å²) in [5.74, 6) is -0.320. The standard InChI is InChI=1S/C14H22N2O4/c17-12(18)3-1-6-15-13(19)16-9-14(4-2-5-14)10-7-20-8-11(10)16/h10-11H,1-9H2,(H,15,19)(H,17,18). The average Bonchev–Trinajstić information content (AvgIpc) is 2.92. The molecule has 2 heterocycles. The number of ether oxygens (including phenoxy) is 1. The maximum Gasteiger partial charge on any atom is 0.317 e. The summed E-state index contributed by atoms with van der Waals surface area (Å²) in [5.41, 5.74) is 0.305. The lowest BCUT2D eigenvalue weighted by molar-refractivity contribution is -0.137. The molecule has 6 heteroatoms. The van der Waals surface area contributed by atoms with Crippen LogP contribution in [0, 0.1) is 11.3 Å². The first-order valence-electron chi connectivity index (χ1n) is 7.46. The van der Waals surface area contributed by atoms with Gasteiger partial charge in [-0.2, -0.15) is 0 Å². The van der Waals surface area contributed by atoms with Crippen LogP contribution in [0.5, 0.6) is 0 Å². The van der Waals surface area contributed by atoms with Gasteiger partial charge in [0.2, 0.25) is 0 Å². The number of rotatable bonds is 4. The van der Waals surface area contributed by atoms with E-state index in [9.17, 15) is 9.59 Å². The molecule has 2 unspecified atom stereocenters. The fourth-order valence-electron chi connectivity index (χ4n) is 3.93. The van der Waals surface area contributed by atoms with Gasteiger partial charge in [0.15, 0.2) is 0 Å². The summed E-state index contributed by atoms with van der Waals surface area (Å²) in [6.07, 6.45) is 4.25. The third kappa shape index (κ3) is 2.26. The number of likely N-dealkylation sites (tertiary alicyclic amines) is 1. The molecule has 3 aliphatic rings. The molecule has 0 bridgehead atoms. The van der Waals surface area contributed by atoms with Crippen LogP contribution in [-0.4, -0.2) is 54.4 Å². The molecule has 3 rings (SSSR count). The van der Waals surface area contributed by atoms with Crippen LogP contribution < -0.4 is 5.32 Å². The molecule has 112 valence electrons. The first kappa shape index (κ1) is 13.7. The zero-order valence-corrected chi connectivity index (χ0v) is 11.6. The van der Waals surface area contributed by atoms with Gasteiger partial charge in [-0.25, -0.2) is 4.79 Å². The molecule has 1 spiro atoms. The van der Waals surface area contributed by atoms with Gasteiger partial charge in [-0.3, -0.25) is 4.79 Å². The van der Waals surface area contributed by atoms with Crippen LogP contribution in [0.2, 0.25) is 0 Å². The van der Waals surface area contributed by atoms with Crippen molar-refractivity contribution in [2.75, 3.05) is 26.3 Å². The number of carbonyl (C=O) groups excluding carboxylic acids is 1. The number of nitrogens with one attached hydrogen (secondary N) is 1. The molecule has 3 fully saturated rings. The second-order valence-electron chi connectivity index (χ2n) is 6.28. The normalized spacial score (nSPS) is 30.1. The zero-order valence-electron chi connectivity index (χ0n) is 11.6. The molecule has 2 aliphatic heterocycles. The summed E-state index contributed by atoms with van der Waals surface area (Å²) < 4.78 is 5.58. The Bertz CT molecular complexity index is 408. The molecule has 0 aromatic rings. The van der Waals surface area contributed by atoms with Gasteiger partial charge in [0.05, 0.1) is 19.3 Å². The second kappa shape index (κ2) is 5.24. The maximum absolute atomic E-state index is 12.3. The molecule has 0 aromatic heterocycles. The summed E-state index contributed by atoms with van der Waals surface area (Å²) in [6, 6.07) is 0.162. The second-order valence-corrected chi connectivity index (χ2v) is 6.28. The van der Waals surface area contributed by atoms with Gasteiger partial charge in [0, 0.05) is 25.4 Å². The molecule has 2 amide bonds. The third-order valence-corrected chi connectivity index (χ3v) is 5.18. The Morgan fingerprint density at radius 3 is 2.80 bits per heavy atom. The predicted octanol–water partition coefficient (Wildman–Crippen LogP) is 1.06. The fraction of sp³-hybridized carbons (Fsp3) is 0.857. The molecule has 0 aromatic carbocycles. The lowest BCUT2D eigenvalue weighted by Gasteiger charge is -2.41. The topological polar surface area (TPSA) is 78.9 Å². The van der Waals surface area contributed by atoms with E-state index in [0.29, 0.717) is 30.9 Å². The lowest BCUT2D eigenvalue weighted by atomic mass is 9.62. The number of fused-ring (bicyclic) bond motifs is 2. The van der Waals surface area contributed by atoms with Crippen LogP contribution in [-0.2, 0) is 9.53 Å². The number of carbonyl (C=O) groups is 2. The van der Waals surface area contributed by atoms with Gasteiger partial charge in [0.1, 0.15) is 0 Å². The highest BCUT2D eigenvalue weighted by molar-refractivity contribution is 5.75. The van der Waals surface area contributed by atoms with Gasteiger partial charge >= 0.3 is 12.0 Å². The average molecular weight is 282 g/mol. The Morgan fingerprint density at radius 1 is 1.35 bits per heavy atom. The van der Waals surface area contributed by atoms with E-state index >= 15 is 0 Å². The number of urea groups is 1. The van der Waals surface area contributed by atoms with Crippen LogP contribution >= 0.6 is 0 Å². The minimum atomic E-state index is -0.821. The summed E-state index contributed by atoms with van der Waals surface area (Å²) >= 11 is 0. The van der Waals surface area contributed by atoms with Crippen molar-refractivity contribution in [2.24, 2.45) is 11.3 Å². The first-order chi connectivity index (χ1) is 9.62. The van der Waals surface area contributed by atoms with E-state index in [1.54, 1.807) is 0 Å². The maximum atomic E-state index is 12.3. The van der Waals surface area contributed by atoms with Crippen molar-refractivity contribution in [1.82, 2.24) is 10.2 Å². The Labute approximate surface area is 118 Å². The summed E-state index contributed by atoms with van der Waals surface area (Å²) in [5, 5.41) is 11.4. The van der Waals surface area contributed by atoms with Gasteiger partial charge in [0.25, 0.3) is 0 Å². The van der Waals surface area contributed by atoms with Crippen molar-refractivity contribution in [2.45, 2.75) is 38.1 Å². The van der Waals surface area contributed by atoms with E-state index in [1.165, 1.54) is 19.3 Å². The minimum absolute atomic E-state index is 0.0559. The molecular formula is C14H22N2O4. The highest BCUT2D eigenvalue weighted by Crippen LogP contribution is 2.55. The van der Waals surface area contributed by atoms with E-state index in [-0.39, 0.29) is 18.5 Å². The SMILES string of the molecule is O=C(O)CCCNC(=O)N1CC2(CCC2)C2COCC21. The molecule has 6 nitrogen and oxygen atoms in total. The van der Waals surface area contributed by atoms with Crippen molar-refractivity contribution in [3.8, 4) is 0 Å². The van der Waals surface area contributed by atoms with Gasteiger partial charge in [-0.1, -0.05) is 6.42 Å².